The van der Waals surface area contributed by atoms with E-state index in [0.717, 1.165) is 28.3 Å². The number of amides is 1. The van der Waals surface area contributed by atoms with Gasteiger partial charge >= 0.3 is 0 Å². The number of thioether (sulfide) groups is 1. The van der Waals surface area contributed by atoms with Crippen LogP contribution in [0.1, 0.15) is 5.56 Å². The fourth-order valence-corrected chi connectivity index (χ4v) is 4.18. The Labute approximate surface area is 206 Å². The molecular weight excluding hydrogens is 458 g/mol. The quantitative estimate of drug-likeness (QED) is 0.203. The number of carbonyl (C=O) groups excluding carboxylic acids is 1. The minimum Gasteiger partial charge on any atom is -0.306 e. The van der Waals surface area contributed by atoms with Crippen molar-refractivity contribution in [1.29, 1.82) is 0 Å². The highest BCUT2D eigenvalue weighted by atomic mass is 32.2. The molecule has 2 heterocycles. The lowest BCUT2D eigenvalue weighted by atomic mass is 10.2. The number of benzene rings is 3. The number of imidazole rings is 1. The van der Waals surface area contributed by atoms with Gasteiger partial charge in [0.05, 0.1) is 18.3 Å². The molecule has 1 N–H and O–H groups in total. The first-order valence-corrected chi connectivity index (χ1v) is 11.9. The maximum atomic E-state index is 12.4. The fourth-order valence-electron chi connectivity index (χ4n) is 3.43. The van der Waals surface area contributed by atoms with E-state index < -0.39 is 0 Å². The SMILES string of the molecule is O=C(CSc1nnc(-c2ccccc2)n1-c1ccccc1)N/N=C/c1ccc(-n2ccnc2)cc1. The van der Waals surface area contributed by atoms with Gasteiger partial charge in [-0.05, 0) is 29.8 Å². The van der Waals surface area contributed by atoms with Crippen LogP contribution in [-0.4, -0.2) is 42.2 Å². The van der Waals surface area contributed by atoms with Crippen molar-refractivity contribution in [1.82, 2.24) is 29.7 Å². The van der Waals surface area contributed by atoms with Crippen LogP contribution in [0.15, 0.2) is 114 Å². The Hall–Kier alpha value is -4.50. The summed E-state index contributed by atoms with van der Waals surface area (Å²) < 4.78 is 3.87. The number of nitrogens with zero attached hydrogens (tertiary/aromatic N) is 6. The second kappa shape index (κ2) is 10.6. The van der Waals surface area contributed by atoms with Gasteiger partial charge in [0.2, 0.25) is 0 Å². The topological polar surface area (TPSA) is 90.0 Å². The van der Waals surface area contributed by atoms with Crippen LogP contribution in [0, 0.1) is 0 Å². The maximum absolute atomic E-state index is 12.4. The van der Waals surface area contributed by atoms with Gasteiger partial charge in [0.15, 0.2) is 11.0 Å². The third-order valence-corrected chi connectivity index (χ3v) is 6.04. The van der Waals surface area contributed by atoms with Gasteiger partial charge in [0.1, 0.15) is 0 Å². The number of hydrogen-bond acceptors (Lipinski definition) is 6. The molecule has 3 aromatic carbocycles. The van der Waals surface area contributed by atoms with Crippen molar-refractivity contribution >= 4 is 23.9 Å². The molecule has 1 amide bonds. The molecule has 5 rings (SSSR count). The summed E-state index contributed by atoms with van der Waals surface area (Å²) in [6, 6.07) is 27.5. The fraction of sp³-hybridized carbons (Fsp3) is 0.0385. The maximum Gasteiger partial charge on any atom is 0.250 e. The van der Waals surface area contributed by atoms with Crippen molar-refractivity contribution in [2.45, 2.75) is 5.16 Å². The zero-order valence-corrected chi connectivity index (χ0v) is 19.4. The van der Waals surface area contributed by atoms with Crippen LogP contribution in [0.2, 0.25) is 0 Å². The first-order valence-electron chi connectivity index (χ1n) is 10.9. The summed E-state index contributed by atoms with van der Waals surface area (Å²) in [5, 5.41) is 13.5. The predicted octanol–water partition coefficient (Wildman–Crippen LogP) is 4.36. The molecule has 0 aliphatic carbocycles. The van der Waals surface area contributed by atoms with Crippen LogP contribution in [-0.2, 0) is 4.79 Å². The molecule has 0 saturated carbocycles. The van der Waals surface area contributed by atoms with Crippen molar-refractivity contribution in [2.75, 3.05) is 5.75 Å². The number of hydrogen-bond donors (Lipinski definition) is 1. The van der Waals surface area contributed by atoms with Gasteiger partial charge in [-0.1, -0.05) is 72.4 Å². The van der Waals surface area contributed by atoms with Crippen LogP contribution in [0.4, 0.5) is 0 Å². The van der Waals surface area contributed by atoms with E-state index in [1.807, 2.05) is 100 Å². The number of para-hydroxylation sites is 1. The average molecular weight is 480 g/mol. The zero-order valence-electron chi connectivity index (χ0n) is 18.6. The summed E-state index contributed by atoms with van der Waals surface area (Å²) >= 11 is 1.31. The highest BCUT2D eigenvalue weighted by Crippen LogP contribution is 2.27. The lowest BCUT2D eigenvalue weighted by Crippen LogP contribution is -2.20. The Balaban J connectivity index is 1.24. The van der Waals surface area contributed by atoms with Gasteiger partial charge in [0.25, 0.3) is 5.91 Å². The Morgan fingerprint density at radius 3 is 2.37 bits per heavy atom. The molecule has 0 aliphatic heterocycles. The number of aromatic nitrogens is 5. The monoisotopic (exact) mass is 479 g/mol. The summed E-state index contributed by atoms with van der Waals surface area (Å²) in [5.74, 6) is 0.637. The van der Waals surface area contributed by atoms with E-state index in [4.69, 9.17) is 0 Å². The van der Waals surface area contributed by atoms with Crippen LogP contribution < -0.4 is 5.43 Å². The molecule has 35 heavy (non-hydrogen) atoms. The third kappa shape index (κ3) is 5.36. The molecule has 0 bridgehead atoms. The highest BCUT2D eigenvalue weighted by molar-refractivity contribution is 7.99. The first kappa shape index (κ1) is 22.3. The molecule has 0 radical (unpaired) electrons. The molecule has 9 heteroatoms. The van der Waals surface area contributed by atoms with Crippen molar-refractivity contribution in [3.05, 3.63) is 109 Å². The van der Waals surface area contributed by atoms with E-state index in [2.05, 4.69) is 25.7 Å². The van der Waals surface area contributed by atoms with Crippen molar-refractivity contribution in [3.8, 4) is 22.8 Å². The van der Waals surface area contributed by atoms with Crippen LogP contribution in [0.5, 0.6) is 0 Å². The Morgan fingerprint density at radius 2 is 1.66 bits per heavy atom. The van der Waals surface area contributed by atoms with E-state index >= 15 is 0 Å². The van der Waals surface area contributed by atoms with E-state index in [0.29, 0.717) is 5.16 Å². The highest BCUT2D eigenvalue weighted by Gasteiger charge is 2.17. The summed E-state index contributed by atoms with van der Waals surface area (Å²) in [6.07, 6.45) is 6.96. The molecule has 172 valence electrons. The van der Waals surface area contributed by atoms with E-state index in [-0.39, 0.29) is 11.7 Å². The number of rotatable bonds is 8. The number of carbonyl (C=O) groups is 1. The lowest BCUT2D eigenvalue weighted by Gasteiger charge is -2.10. The van der Waals surface area contributed by atoms with Crippen molar-refractivity contribution in [3.63, 3.8) is 0 Å². The molecule has 5 aromatic rings. The first-order chi connectivity index (χ1) is 17.3. The summed E-state index contributed by atoms with van der Waals surface area (Å²) in [4.78, 5) is 16.5. The van der Waals surface area contributed by atoms with Crippen LogP contribution in [0.25, 0.3) is 22.8 Å². The molecule has 0 spiro atoms. The normalized spacial score (nSPS) is 11.1. The second-order valence-corrected chi connectivity index (χ2v) is 8.43. The third-order valence-electron chi connectivity index (χ3n) is 5.11. The van der Waals surface area contributed by atoms with Crippen LogP contribution >= 0.6 is 11.8 Å². The molecule has 0 atom stereocenters. The number of nitrogens with one attached hydrogen (secondary N) is 1. The van der Waals surface area contributed by atoms with Gasteiger partial charge in [0, 0.05) is 29.3 Å². The summed E-state index contributed by atoms with van der Waals surface area (Å²) in [6.45, 7) is 0. The Morgan fingerprint density at radius 1 is 0.914 bits per heavy atom. The summed E-state index contributed by atoms with van der Waals surface area (Å²) in [5.41, 5.74) is 6.32. The van der Waals surface area contributed by atoms with E-state index in [9.17, 15) is 4.79 Å². The molecule has 0 fully saturated rings. The van der Waals surface area contributed by atoms with Crippen molar-refractivity contribution in [2.24, 2.45) is 5.10 Å². The summed E-state index contributed by atoms with van der Waals surface area (Å²) in [7, 11) is 0. The zero-order chi connectivity index (χ0) is 23.9. The standard InChI is InChI=1S/C26H21N7OS/c34-24(29-28-17-20-11-13-22(14-12-20)32-16-15-27-19-32)18-35-26-31-30-25(21-7-3-1-4-8-21)33(26)23-9-5-2-6-10-23/h1-17,19H,18H2,(H,29,34)/b28-17+. The Kier molecular flexibility index (Phi) is 6.77. The predicted molar refractivity (Wildman–Crippen MR) is 137 cm³/mol. The molecule has 2 aromatic heterocycles. The minimum absolute atomic E-state index is 0.149. The molecule has 0 unspecified atom stereocenters. The van der Waals surface area contributed by atoms with Gasteiger partial charge in [-0.15, -0.1) is 10.2 Å². The lowest BCUT2D eigenvalue weighted by molar-refractivity contribution is -0.118. The average Bonchev–Trinajstić information content (AvgIpc) is 3.60. The number of hydrazone groups is 1. The minimum atomic E-state index is -0.231. The Bertz CT molecular complexity index is 1410. The second-order valence-electron chi connectivity index (χ2n) is 7.49. The molecule has 8 nitrogen and oxygen atoms in total. The van der Waals surface area contributed by atoms with Gasteiger partial charge < -0.3 is 4.57 Å². The smallest absolute Gasteiger partial charge is 0.250 e. The van der Waals surface area contributed by atoms with E-state index in [1.165, 1.54) is 11.8 Å². The molecule has 0 aliphatic rings. The van der Waals surface area contributed by atoms with E-state index in [1.54, 1.807) is 18.7 Å². The molecule has 0 saturated heterocycles. The van der Waals surface area contributed by atoms with Gasteiger partial charge in [-0.25, -0.2) is 10.4 Å². The van der Waals surface area contributed by atoms with Gasteiger partial charge in [-0.2, -0.15) is 5.10 Å². The van der Waals surface area contributed by atoms with Crippen molar-refractivity contribution < 1.29 is 4.79 Å². The largest absolute Gasteiger partial charge is 0.306 e. The molecular formula is C26H21N7OS. The van der Waals surface area contributed by atoms with Crippen LogP contribution in [0.3, 0.4) is 0 Å². The van der Waals surface area contributed by atoms with Gasteiger partial charge in [-0.3, -0.25) is 9.36 Å².